The van der Waals surface area contributed by atoms with Crippen molar-refractivity contribution in [1.29, 1.82) is 0 Å². The van der Waals surface area contributed by atoms with Crippen LogP contribution >= 0.6 is 0 Å². The van der Waals surface area contributed by atoms with Gasteiger partial charge >= 0.3 is 12.4 Å². The van der Waals surface area contributed by atoms with Crippen LogP contribution in [0.1, 0.15) is 11.1 Å². The van der Waals surface area contributed by atoms with E-state index in [-0.39, 0.29) is 32.7 Å². The predicted molar refractivity (Wildman–Crippen MR) is 187 cm³/mol. The third-order valence-electron chi connectivity index (χ3n) is 8.02. The van der Waals surface area contributed by atoms with Crippen LogP contribution in [0.5, 0.6) is 0 Å². The Morgan fingerprint density at radius 2 is 0.815 bits per heavy atom. The van der Waals surface area contributed by atoms with Crippen LogP contribution < -0.4 is 11.5 Å². The molecule has 0 heterocycles. The van der Waals surface area contributed by atoms with E-state index in [2.05, 4.69) is 20.5 Å². The van der Waals surface area contributed by atoms with E-state index in [9.17, 15) is 52.3 Å². The smallest absolute Gasteiger partial charge is 0.396 e. The second-order valence-corrected chi connectivity index (χ2v) is 14.2. The minimum Gasteiger partial charge on any atom is -0.396 e. The normalized spacial score (nSPS) is 13.1. The molecular weight excluding hydrogens is 767 g/mol. The summed E-state index contributed by atoms with van der Waals surface area (Å²) in [6.07, 6.45) is -10.2. The maximum atomic E-state index is 14.3. The highest BCUT2D eigenvalue weighted by Crippen LogP contribution is 2.44. The maximum absolute atomic E-state index is 14.3. The molecule has 54 heavy (non-hydrogen) atoms. The van der Waals surface area contributed by atoms with Crippen LogP contribution in [-0.2, 0) is 32.6 Å². The van der Waals surface area contributed by atoms with Crippen LogP contribution in [-0.4, -0.2) is 25.9 Å². The fourth-order valence-corrected chi connectivity index (χ4v) is 7.32. The zero-order valence-electron chi connectivity index (χ0n) is 26.8. The van der Waals surface area contributed by atoms with Crippen LogP contribution in [0, 0.1) is 0 Å². The summed E-state index contributed by atoms with van der Waals surface area (Å²) in [5.41, 5.74) is 4.80. The Labute approximate surface area is 301 Å². The summed E-state index contributed by atoms with van der Waals surface area (Å²) in [7, 11) is -9.84. The molecule has 0 radical (unpaired) electrons. The number of benzene rings is 6. The van der Waals surface area contributed by atoms with Gasteiger partial charge in [0.25, 0.3) is 20.2 Å². The zero-order valence-corrected chi connectivity index (χ0v) is 28.4. The first-order chi connectivity index (χ1) is 25.1. The first-order valence-corrected chi connectivity index (χ1v) is 17.9. The minimum atomic E-state index is -5.11. The topological polar surface area (TPSA) is 210 Å². The van der Waals surface area contributed by atoms with Gasteiger partial charge < -0.3 is 11.5 Å². The van der Waals surface area contributed by atoms with Crippen molar-refractivity contribution in [2.75, 3.05) is 11.5 Å². The van der Waals surface area contributed by atoms with Crippen LogP contribution in [0.2, 0.25) is 0 Å². The summed E-state index contributed by atoms with van der Waals surface area (Å²) in [5, 5.41) is 15.1. The monoisotopic (exact) mass is 788 g/mol. The number of azo groups is 2. The lowest BCUT2D eigenvalue weighted by molar-refractivity contribution is -0.138. The van der Waals surface area contributed by atoms with Gasteiger partial charge in [0.2, 0.25) is 0 Å². The number of nitrogens with two attached hydrogens (primary N) is 2. The lowest BCUT2D eigenvalue weighted by atomic mass is 9.99. The Balaban J connectivity index is 1.41. The SMILES string of the molecule is Nc1c(/N=N/c2ccc(-c3ccc(/N=N/c4cc5ccccc5c(S(=O)(=O)O)c4N)c(C(F)(F)F)c3)cc2C(F)(F)F)cc2ccccc2c1S(=O)(=O)O. The average Bonchev–Trinajstić information content (AvgIpc) is 3.07. The zero-order chi connectivity index (χ0) is 39.4. The summed E-state index contributed by atoms with van der Waals surface area (Å²) in [5.74, 6) is 0. The molecule has 6 aromatic rings. The Bertz CT molecular complexity index is 2600. The average molecular weight is 789 g/mol. The van der Waals surface area contributed by atoms with Crippen LogP contribution in [0.25, 0.3) is 32.7 Å². The molecule has 6 aromatic carbocycles. The molecular formula is C34H22F6N6O6S2. The number of rotatable bonds is 7. The number of nitrogens with zero attached hydrogens (tertiary/aromatic N) is 4. The minimum absolute atomic E-state index is 0.0200. The van der Waals surface area contributed by atoms with Crippen molar-refractivity contribution in [3.8, 4) is 11.1 Å². The lowest BCUT2D eigenvalue weighted by Gasteiger charge is -2.15. The number of alkyl halides is 6. The Morgan fingerprint density at radius 1 is 0.481 bits per heavy atom. The van der Waals surface area contributed by atoms with E-state index < -0.39 is 87.6 Å². The van der Waals surface area contributed by atoms with Crippen molar-refractivity contribution < 1.29 is 52.3 Å². The van der Waals surface area contributed by atoms with Gasteiger partial charge in [-0.15, -0.1) is 20.5 Å². The van der Waals surface area contributed by atoms with Crippen molar-refractivity contribution in [2.24, 2.45) is 20.5 Å². The summed E-state index contributed by atoms with van der Waals surface area (Å²) < 4.78 is 154. The standard InChI is InChI=1S/C34H22F6N6O6S2/c35-33(36,37)23-13-17(9-11-25(23)43-45-27-15-19-5-1-3-7-21(19)31(29(27)41)53(47,48)49)18-10-12-26(24(14-18)34(38,39)40)44-46-28-16-20-6-2-4-8-22(20)32(30(28)42)54(50,51)52/h1-16H,41-42H2,(H,47,48,49)(H,50,51,52)/b45-43+,46-44+. The van der Waals surface area contributed by atoms with Gasteiger partial charge in [-0.05, 0) is 58.3 Å². The van der Waals surface area contributed by atoms with Crippen LogP contribution in [0.15, 0.2) is 127 Å². The van der Waals surface area contributed by atoms with E-state index in [1.54, 1.807) is 0 Å². The van der Waals surface area contributed by atoms with Gasteiger partial charge in [-0.3, -0.25) is 9.11 Å². The highest BCUT2D eigenvalue weighted by atomic mass is 32.2. The molecule has 20 heteroatoms. The molecule has 278 valence electrons. The molecule has 12 nitrogen and oxygen atoms in total. The highest BCUT2D eigenvalue weighted by molar-refractivity contribution is 7.86. The number of fused-ring (bicyclic) bond motifs is 2. The first-order valence-electron chi connectivity index (χ1n) is 15.0. The Morgan fingerprint density at radius 3 is 1.15 bits per heavy atom. The van der Waals surface area contributed by atoms with Crippen LogP contribution in [0.3, 0.4) is 0 Å². The van der Waals surface area contributed by atoms with Crippen molar-refractivity contribution in [1.82, 2.24) is 0 Å². The first kappa shape index (κ1) is 37.8. The fourth-order valence-electron chi connectivity index (χ4n) is 5.63. The molecule has 6 N–H and O–H groups in total. The molecule has 0 aliphatic carbocycles. The molecule has 0 aromatic heterocycles. The van der Waals surface area contributed by atoms with Gasteiger partial charge in [0.15, 0.2) is 0 Å². The van der Waals surface area contributed by atoms with Crippen molar-refractivity contribution in [3.05, 3.63) is 108 Å². The van der Waals surface area contributed by atoms with E-state index >= 15 is 0 Å². The van der Waals surface area contributed by atoms with E-state index in [1.165, 1.54) is 60.7 Å². The van der Waals surface area contributed by atoms with Gasteiger partial charge in [0.1, 0.15) is 21.2 Å². The largest absolute Gasteiger partial charge is 0.418 e. The summed E-state index contributed by atoms with van der Waals surface area (Å²) in [4.78, 5) is -1.46. The summed E-state index contributed by atoms with van der Waals surface area (Å²) >= 11 is 0. The van der Waals surface area contributed by atoms with Crippen molar-refractivity contribution >= 4 is 75.9 Å². The molecule has 0 bridgehead atoms. The lowest BCUT2D eigenvalue weighted by Crippen LogP contribution is -2.07. The molecule has 0 fully saturated rings. The van der Waals surface area contributed by atoms with E-state index in [0.29, 0.717) is 12.1 Å². The molecule has 0 atom stereocenters. The third-order valence-corrected chi connectivity index (χ3v) is 9.93. The second kappa shape index (κ2) is 13.5. The Kier molecular flexibility index (Phi) is 9.42. The molecule has 0 saturated heterocycles. The number of hydrogen-bond donors (Lipinski definition) is 4. The molecule has 0 spiro atoms. The van der Waals surface area contributed by atoms with E-state index in [1.807, 2.05) is 0 Å². The molecule has 6 rings (SSSR count). The summed E-state index contributed by atoms with van der Waals surface area (Å²) in [6, 6.07) is 18.9. The molecule has 0 unspecified atom stereocenters. The Hall–Kier alpha value is -5.96. The van der Waals surface area contributed by atoms with Gasteiger partial charge in [-0.25, -0.2) is 0 Å². The number of halogens is 6. The maximum Gasteiger partial charge on any atom is 0.418 e. The fraction of sp³-hybridized carbons (Fsp3) is 0.0588. The van der Waals surface area contributed by atoms with Crippen LogP contribution in [0.4, 0.5) is 60.5 Å². The molecule has 0 aliphatic heterocycles. The van der Waals surface area contributed by atoms with Crippen molar-refractivity contribution in [2.45, 2.75) is 22.1 Å². The van der Waals surface area contributed by atoms with Gasteiger partial charge in [-0.1, -0.05) is 60.7 Å². The predicted octanol–water partition coefficient (Wildman–Crippen LogP) is 10.2. The van der Waals surface area contributed by atoms with Gasteiger partial charge in [0, 0.05) is 10.8 Å². The van der Waals surface area contributed by atoms with Gasteiger partial charge in [-0.2, -0.15) is 43.2 Å². The van der Waals surface area contributed by atoms with E-state index in [0.717, 1.165) is 24.3 Å². The molecule has 0 amide bonds. The summed E-state index contributed by atoms with van der Waals surface area (Å²) in [6.45, 7) is 0. The van der Waals surface area contributed by atoms with Gasteiger partial charge in [0.05, 0.1) is 33.9 Å². The number of nitrogen functional groups attached to an aromatic ring is 2. The second-order valence-electron chi connectivity index (χ2n) is 11.5. The number of anilines is 2. The third kappa shape index (κ3) is 7.44. The highest BCUT2D eigenvalue weighted by Gasteiger charge is 2.36. The molecule has 0 aliphatic rings. The number of hydrogen-bond acceptors (Lipinski definition) is 10. The van der Waals surface area contributed by atoms with Crippen molar-refractivity contribution in [3.63, 3.8) is 0 Å². The quantitative estimate of drug-likeness (QED) is 0.0528. The molecule has 0 saturated carbocycles. The van der Waals surface area contributed by atoms with E-state index in [4.69, 9.17) is 11.5 Å².